The van der Waals surface area contributed by atoms with Crippen molar-refractivity contribution < 1.29 is 0 Å². The van der Waals surface area contributed by atoms with Gasteiger partial charge < -0.3 is 0 Å². The molecule has 2 rings (SSSR count). The number of allylic oxidation sites excluding steroid dienone is 1. The molecule has 0 aromatic heterocycles. The van der Waals surface area contributed by atoms with E-state index in [2.05, 4.69) is 73.7 Å². The molecule has 0 saturated heterocycles. The van der Waals surface area contributed by atoms with Gasteiger partial charge in [-0.2, -0.15) is 0 Å². The van der Waals surface area contributed by atoms with E-state index in [-0.39, 0.29) is 0 Å². The van der Waals surface area contributed by atoms with E-state index in [0.29, 0.717) is 29.9 Å². The van der Waals surface area contributed by atoms with Gasteiger partial charge in [-0.05, 0) is 0 Å². The van der Waals surface area contributed by atoms with E-state index in [9.17, 15) is 0 Å². The van der Waals surface area contributed by atoms with Gasteiger partial charge in [0, 0.05) is 0 Å². The summed E-state index contributed by atoms with van der Waals surface area (Å²) in [6.07, 6.45) is 2.29. The molecule has 0 unspecified atom stereocenters. The molecule has 0 aliphatic rings. The molecule has 0 saturated carbocycles. The molecule has 2 aromatic carbocycles. The maximum absolute atomic E-state index is 2.29. The van der Waals surface area contributed by atoms with Gasteiger partial charge in [-0.1, -0.05) is 0 Å². The quantitative estimate of drug-likeness (QED) is 0.738. The van der Waals surface area contributed by atoms with Crippen molar-refractivity contribution in [3.63, 3.8) is 0 Å². The van der Waals surface area contributed by atoms with E-state index in [1.54, 1.807) is 3.37 Å². The second kappa shape index (κ2) is 6.83. The van der Waals surface area contributed by atoms with Gasteiger partial charge in [0.25, 0.3) is 0 Å². The molecule has 0 heterocycles. The van der Waals surface area contributed by atoms with E-state index in [1.165, 1.54) is 8.92 Å². The third-order valence-corrected chi connectivity index (χ3v) is 7.94. The molecule has 0 fully saturated rings. The monoisotopic (exact) mass is 354 g/mol. The predicted molar refractivity (Wildman–Crippen MR) is 77.4 cm³/mol. The fourth-order valence-corrected chi connectivity index (χ4v) is 6.69. The minimum atomic E-state index is 0.478. The first kappa shape index (κ1) is 12.7. The summed E-state index contributed by atoms with van der Waals surface area (Å²) >= 11 is 0.956. The van der Waals surface area contributed by atoms with Crippen molar-refractivity contribution in [2.45, 2.75) is 6.92 Å². The zero-order chi connectivity index (χ0) is 11.9. The van der Waals surface area contributed by atoms with Gasteiger partial charge in [0.1, 0.15) is 0 Å². The third kappa shape index (κ3) is 4.18. The van der Waals surface area contributed by atoms with Crippen molar-refractivity contribution in [3.8, 4) is 0 Å². The van der Waals surface area contributed by atoms with E-state index in [0.717, 1.165) is 0 Å². The van der Waals surface area contributed by atoms with Gasteiger partial charge in [-0.3, -0.25) is 0 Å². The second-order valence-corrected chi connectivity index (χ2v) is 9.43. The average Bonchev–Trinajstić information content (AvgIpc) is 2.40. The summed E-state index contributed by atoms with van der Waals surface area (Å²) in [5.74, 6) is 0. The van der Waals surface area contributed by atoms with Crippen molar-refractivity contribution in [2.24, 2.45) is 0 Å². The van der Waals surface area contributed by atoms with Crippen LogP contribution in [0.15, 0.2) is 70.1 Å². The van der Waals surface area contributed by atoms with Crippen LogP contribution in [0.3, 0.4) is 0 Å². The zero-order valence-corrected chi connectivity index (χ0v) is 13.1. The maximum atomic E-state index is 2.29. The summed E-state index contributed by atoms with van der Waals surface area (Å²) in [5.41, 5.74) is 0. The fraction of sp³-hybridized carbons (Fsp3) is 0.0667. The standard InChI is InChI=1S/C15H14Se2/c1-2-15(16-13-9-5-3-6-10-13)17-14-11-7-4-8-12-14/h2-12H,1H3. The Balaban J connectivity index is 2.04. The molecule has 0 atom stereocenters. The Morgan fingerprint density at radius 3 is 1.53 bits per heavy atom. The van der Waals surface area contributed by atoms with Crippen LogP contribution in [0, 0.1) is 0 Å². The summed E-state index contributed by atoms with van der Waals surface area (Å²) in [4.78, 5) is 0. The molecule has 86 valence electrons. The zero-order valence-electron chi connectivity index (χ0n) is 9.67. The fourth-order valence-electron chi connectivity index (χ4n) is 1.35. The second-order valence-electron chi connectivity index (χ2n) is 3.44. The Morgan fingerprint density at radius 1 is 0.765 bits per heavy atom. The van der Waals surface area contributed by atoms with Gasteiger partial charge in [0.15, 0.2) is 0 Å². The van der Waals surface area contributed by atoms with Crippen LogP contribution in [0.5, 0.6) is 0 Å². The average molecular weight is 352 g/mol. The Morgan fingerprint density at radius 2 is 1.18 bits per heavy atom. The minimum absolute atomic E-state index is 0.478. The number of hydrogen-bond acceptors (Lipinski definition) is 0. The molecule has 0 amide bonds. The van der Waals surface area contributed by atoms with Crippen LogP contribution < -0.4 is 8.92 Å². The molecule has 2 heteroatoms. The van der Waals surface area contributed by atoms with E-state index < -0.39 is 0 Å². The molecule has 2 aromatic rings. The van der Waals surface area contributed by atoms with E-state index >= 15 is 0 Å². The van der Waals surface area contributed by atoms with Crippen LogP contribution in [0.1, 0.15) is 6.92 Å². The normalized spacial score (nSPS) is 9.94. The Bertz CT molecular complexity index is 431. The van der Waals surface area contributed by atoms with Crippen molar-refractivity contribution in [2.75, 3.05) is 0 Å². The number of hydrogen-bond donors (Lipinski definition) is 0. The summed E-state index contributed by atoms with van der Waals surface area (Å²) in [5, 5.41) is 0. The molecule has 17 heavy (non-hydrogen) atoms. The first-order chi connectivity index (χ1) is 8.38. The van der Waals surface area contributed by atoms with Crippen LogP contribution in [-0.4, -0.2) is 29.9 Å². The summed E-state index contributed by atoms with van der Waals surface area (Å²) < 4.78 is 4.53. The predicted octanol–water partition coefficient (Wildman–Crippen LogP) is 1.91. The van der Waals surface area contributed by atoms with Gasteiger partial charge in [0.05, 0.1) is 0 Å². The molecule has 0 nitrogen and oxygen atoms in total. The number of benzene rings is 2. The van der Waals surface area contributed by atoms with E-state index in [4.69, 9.17) is 0 Å². The van der Waals surface area contributed by atoms with Crippen molar-refractivity contribution in [1.82, 2.24) is 0 Å². The van der Waals surface area contributed by atoms with Gasteiger partial charge in [0.2, 0.25) is 0 Å². The topological polar surface area (TPSA) is 0 Å². The van der Waals surface area contributed by atoms with Gasteiger partial charge in [-0.25, -0.2) is 0 Å². The summed E-state index contributed by atoms with van der Waals surface area (Å²) in [6, 6.07) is 21.6. The Kier molecular flexibility index (Phi) is 5.09. The molecule has 0 aliphatic heterocycles. The van der Waals surface area contributed by atoms with Crippen LogP contribution in [0.4, 0.5) is 0 Å². The molecule has 0 radical (unpaired) electrons. The molecule has 0 bridgehead atoms. The Hall–Kier alpha value is -0.781. The van der Waals surface area contributed by atoms with Crippen LogP contribution >= 0.6 is 0 Å². The Labute approximate surface area is 115 Å². The van der Waals surface area contributed by atoms with Gasteiger partial charge in [-0.15, -0.1) is 0 Å². The van der Waals surface area contributed by atoms with Crippen molar-refractivity contribution in [3.05, 3.63) is 70.1 Å². The first-order valence-electron chi connectivity index (χ1n) is 5.50. The van der Waals surface area contributed by atoms with Crippen molar-refractivity contribution >= 4 is 38.8 Å². The first-order valence-corrected chi connectivity index (χ1v) is 8.93. The van der Waals surface area contributed by atoms with Crippen LogP contribution in [0.2, 0.25) is 0 Å². The van der Waals surface area contributed by atoms with Gasteiger partial charge >= 0.3 is 116 Å². The molecular weight excluding hydrogens is 338 g/mol. The molecule has 0 spiro atoms. The van der Waals surface area contributed by atoms with Crippen molar-refractivity contribution in [1.29, 1.82) is 0 Å². The molecule has 0 N–H and O–H groups in total. The third-order valence-electron chi connectivity index (χ3n) is 2.16. The van der Waals surface area contributed by atoms with Crippen LogP contribution in [-0.2, 0) is 0 Å². The van der Waals surface area contributed by atoms with Crippen LogP contribution in [0.25, 0.3) is 0 Å². The molecular formula is C15H14Se2. The summed E-state index contributed by atoms with van der Waals surface area (Å²) in [6.45, 7) is 2.16. The summed E-state index contributed by atoms with van der Waals surface area (Å²) in [7, 11) is 0. The SMILES string of the molecule is CC=C([Se]c1ccccc1)[Se]c1ccccc1. The molecule has 0 aliphatic carbocycles. The number of rotatable bonds is 4. The van der Waals surface area contributed by atoms with E-state index in [1.807, 2.05) is 0 Å².